The highest BCUT2D eigenvalue weighted by atomic mass is 15.0. The van der Waals surface area contributed by atoms with Crippen LogP contribution in [0.2, 0.25) is 0 Å². The van der Waals surface area contributed by atoms with E-state index < -0.39 is 0 Å². The number of hydrogen-bond donors (Lipinski definition) is 0. The summed E-state index contributed by atoms with van der Waals surface area (Å²) in [6, 6.07) is 60.3. The molecule has 0 spiro atoms. The van der Waals surface area contributed by atoms with Crippen LogP contribution in [0.25, 0.3) is 44.2 Å². The van der Waals surface area contributed by atoms with Gasteiger partial charge in [-0.3, -0.25) is 4.99 Å². The maximum atomic E-state index is 5.02. The summed E-state index contributed by atoms with van der Waals surface area (Å²) in [5.41, 5.74) is 17.6. The maximum absolute atomic E-state index is 5.02. The highest BCUT2D eigenvalue weighted by Gasteiger charge is 2.32. The Hall–Kier alpha value is -7.17. The van der Waals surface area contributed by atoms with Crippen molar-refractivity contribution in [2.45, 2.75) is 32.2 Å². The van der Waals surface area contributed by atoms with E-state index in [0.29, 0.717) is 24.1 Å². The van der Waals surface area contributed by atoms with Crippen molar-refractivity contribution < 1.29 is 0 Å². The van der Waals surface area contributed by atoms with Crippen LogP contribution in [0, 0.1) is 6.92 Å². The molecule has 1 aromatic heterocycles. The molecule has 10 rings (SSSR count). The largest absolute Gasteiger partial charge is 0.309 e. The number of rotatable bonds is 7. The van der Waals surface area contributed by atoms with Crippen LogP contribution in [0.4, 0.5) is 0 Å². The molecule has 58 heavy (non-hydrogen) atoms. The van der Waals surface area contributed by atoms with Crippen molar-refractivity contribution in [1.82, 2.24) is 4.57 Å². The van der Waals surface area contributed by atoms with Gasteiger partial charge in [0.15, 0.2) is 11.7 Å². The van der Waals surface area contributed by atoms with Crippen LogP contribution < -0.4 is 0 Å². The zero-order valence-electron chi connectivity index (χ0n) is 32.5. The third-order valence-electron chi connectivity index (χ3n) is 11.7. The van der Waals surface area contributed by atoms with Crippen molar-refractivity contribution in [3.63, 3.8) is 0 Å². The lowest BCUT2D eigenvalue weighted by Crippen LogP contribution is -2.07. The number of hydrogen-bond acceptors (Lipinski definition) is 1. The van der Waals surface area contributed by atoms with E-state index >= 15 is 0 Å². The molecule has 0 aliphatic heterocycles. The summed E-state index contributed by atoms with van der Waals surface area (Å²) < 4.78 is 2.43. The average Bonchev–Trinajstić information content (AvgIpc) is 3.83. The van der Waals surface area contributed by atoms with Crippen LogP contribution >= 0.6 is 0 Å². The number of para-hydroxylation sites is 2. The summed E-state index contributed by atoms with van der Waals surface area (Å²) in [7, 11) is 0. The third-order valence-corrected chi connectivity index (χ3v) is 11.7. The second-order valence-corrected chi connectivity index (χ2v) is 15.2. The van der Waals surface area contributed by atoms with E-state index in [1.165, 1.54) is 72.0 Å². The fraction of sp³-hybridized carbons (Fsp3) is 0.0926. The van der Waals surface area contributed by atoms with E-state index in [-0.39, 0.29) is 0 Å². The van der Waals surface area contributed by atoms with Gasteiger partial charge in [0.05, 0.1) is 17.6 Å². The van der Waals surface area contributed by atoms with Gasteiger partial charge in [0.25, 0.3) is 0 Å². The molecule has 0 amide bonds. The van der Waals surface area contributed by atoms with E-state index in [1.54, 1.807) is 0 Å². The lowest BCUT2D eigenvalue weighted by Gasteiger charge is -2.23. The Bertz CT molecular complexity index is 2970. The Balaban J connectivity index is 0.982. The highest BCUT2D eigenvalue weighted by molar-refractivity contribution is 6.13. The first-order valence-electron chi connectivity index (χ1n) is 20.1. The molecule has 0 fully saturated rings. The summed E-state index contributed by atoms with van der Waals surface area (Å²) in [6.07, 6.45) is 6.71. The van der Waals surface area contributed by atoms with Gasteiger partial charge in [0.2, 0.25) is 0 Å². The smallest absolute Gasteiger partial charge is 0.161 e. The van der Waals surface area contributed by atoms with Crippen LogP contribution in [0.15, 0.2) is 203 Å². The fourth-order valence-electron chi connectivity index (χ4n) is 9.06. The summed E-state index contributed by atoms with van der Waals surface area (Å²) in [5.74, 6) is 1.47. The van der Waals surface area contributed by atoms with Gasteiger partial charge in [0.1, 0.15) is 0 Å². The van der Waals surface area contributed by atoms with E-state index in [4.69, 9.17) is 9.98 Å². The number of benzene rings is 7. The predicted octanol–water partition coefficient (Wildman–Crippen LogP) is 12.9. The summed E-state index contributed by atoms with van der Waals surface area (Å²) in [5, 5.41) is 2.67. The number of aromatic nitrogens is 1. The molecule has 7 aromatic carbocycles. The molecular formula is C54H42N4. The summed E-state index contributed by atoms with van der Waals surface area (Å²) >= 11 is 0. The van der Waals surface area contributed by atoms with Crippen LogP contribution in [0.3, 0.4) is 0 Å². The first-order chi connectivity index (χ1) is 28.6. The zero-order chi connectivity index (χ0) is 39.0. The second-order valence-electron chi connectivity index (χ2n) is 15.2. The maximum Gasteiger partial charge on any atom is 0.161 e. The normalized spacial score (nSPS) is 15.2. The van der Waals surface area contributed by atoms with Crippen LogP contribution in [-0.4, -0.2) is 23.0 Å². The van der Waals surface area contributed by atoms with Crippen molar-refractivity contribution in [3.8, 4) is 16.8 Å². The molecule has 2 aliphatic rings. The molecule has 0 saturated carbocycles. The van der Waals surface area contributed by atoms with E-state index in [2.05, 4.69) is 145 Å². The first kappa shape index (κ1) is 35.3. The van der Waals surface area contributed by atoms with E-state index in [0.717, 1.165) is 29.5 Å². The van der Waals surface area contributed by atoms with Crippen molar-refractivity contribution in [3.05, 3.63) is 227 Å². The van der Waals surface area contributed by atoms with Gasteiger partial charge in [-0.05, 0) is 95.3 Å². The van der Waals surface area contributed by atoms with Crippen LogP contribution in [0.5, 0.6) is 0 Å². The molecule has 4 heteroatoms. The topological polar surface area (TPSA) is 42.0 Å². The second kappa shape index (κ2) is 15.1. The molecule has 0 bridgehead atoms. The Morgan fingerprint density at radius 2 is 1.33 bits per heavy atom. The molecule has 4 nitrogen and oxygen atoms in total. The van der Waals surface area contributed by atoms with Crippen molar-refractivity contribution in [2.24, 2.45) is 15.0 Å². The number of allylic oxidation sites excluding steroid dienone is 4. The number of nitrogens with zero attached hydrogens (tertiary/aromatic N) is 4. The molecule has 0 radical (unpaired) electrons. The third kappa shape index (κ3) is 6.33. The van der Waals surface area contributed by atoms with E-state index in [1.807, 2.05) is 60.7 Å². The van der Waals surface area contributed by atoms with Gasteiger partial charge in [0, 0.05) is 33.5 Å². The van der Waals surface area contributed by atoms with E-state index in [9.17, 15) is 0 Å². The van der Waals surface area contributed by atoms with Gasteiger partial charge in [-0.1, -0.05) is 163 Å². The quantitative estimate of drug-likeness (QED) is 0.115. The number of aryl methyl sites for hydroxylation is 1. The zero-order valence-corrected chi connectivity index (χ0v) is 32.5. The van der Waals surface area contributed by atoms with Gasteiger partial charge in [-0.25, -0.2) is 9.98 Å². The van der Waals surface area contributed by atoms with Gasteiger partial charge < -0.3 is 4.57 Å². The molecule has 1 heterocycles. The lowest BCUT2D eigenvalue weighted by molar-refractivity contribution is 0.791. The van der Waals surface area contributed by atoms with Crippen LogP contribution in [-0.2, 0) is 13.0 Å². The minimum Gasteiger partial charge on any atom is -0.309 e. The number of amidine groups is 2. The van der Waals surface area contributed by atoms with Crippen molar-refractivity contribution in [1.29, 1.82) is 0 Å². The summed E-state index contributed by atoms with van der Waals surface area (Å²) in [6.45, 7) is 6.52. The highest BCUT2D eigenvalue weighted by Crippen LogP contribution is 2.50. The minimum absolute atomic E-state index is 0.291. The van der Waals surface area contributed by atoms with Gasteiger partial charge >= 0.3 is 0 Å². The predicted molar refractivity (Wildman–Crippen MR) is 244 cm³/mol. The molecule has 278 valence electrons. The molecular weight excluding hydrogens is 705 g/mol. The Morgan fingerprint density at radius 1 is 0.672 bits per heavy atom. The number of aliphatic imine (C=N–C) groups is 3. The standard InChI is InChI=1S/C54H42N4/c1-36-32-46(38-30-28-37(29-31-38)35-56-54(40-18-8-4-9-19-40)57-53(55-2)39-16-6-3-7-17-39)49-34-48-42(23-14-24-43(48)47(49)33-36)44-25-15-27-51-52(44)45-22-12-13-26-50(45)58(51)41-20-10-5-11-21-41/h3-22,24-33,42H,2,23,34-35H2,1H3/b56-54-,57-53-. The molecule has 2 aliphatic carbocycles. The monoisotopic (exact) mass is 746 g/mol. The fourth-order valence-corrected chi connectivity index (χ4v) is 9.06. The Kier molecular flexibility index (Phi) is 9.15. The molecule has 1 atom stereocenters. The average molecular weight is 747 g/mol. The molecule has 8 aromatic rings. The van der Waals surface area contributed by atoms with Gasteiger partial charge in [-0.2, -0.15) is 0 Å². The Labute approximate surface area is 339 Å². The molecule has 0 N–H and O–H groups in total. The molecule has 0 saturated heterocycles. The van der Waals surface area contributed by atoms with Crippen LogP contribution in [0.1, 0.15) is 51.3 Å². The SMILES string of the molecule is C=N/C(=N\C(=N/Cc1ccc(-c2cc(C)cc3c2CC2=C3C=CCC2c2cccc3c2c2ccccc2n3-c2ccccc2)cc1)c1ccccc1)c1ccccc1. The van der Waals surface area contributed by atoms with Crippen molar-refractivity contribution in [2.75, 3.05) is 0 Å². The minimum atomic E-state index is 0.291. The van der Waals surface area contributed by atoms with Gasteiger partial charge in [-0.15, -0.1) is 0 Å². The Morgan fingerprint density at radius 3 is 2.07 bits per heavy atom. The molecule has 1 unspecified atom stereocenters. The van der Waals surface area contributed by atoms with Crippen molar-refractivity contribution >= 4 is 45.8 Å². The summed E-state index contributed by atoms with van der Waals surface area (Å²) in [4.78, 5) is 14.2. The lowest BCUT2D eigenvalue weighted by atomic mass is 9.80. The number of fused-ring (bicyclic) bond motifs is 5. The first-order valence-corrected chi connectivity index (χ1v) is 20.1.